The monoisotopic (exact) mass is 1880 g/mol. The molecule has 0 aliphatic carbocycles. The molecule has 0 aliphatic heterocycles. The predicted octanol–water partition coefficient (Wildman–Crippen LogP) is 28.1. The summed E-state index contributed by atoms with van der Waals surface area (Å²) >= 11 is 0. The number of rotatable bonds is 16. The molecule has 2 radical (unpaired) electrons. The zero-order chi connectivity index (χ0) is 78.3. The Morgan fingerprint density at radius 3 is 0.923 bits per heavy atom. The van der Waals surface area contributed by atoms with Crippen LogP contribution < -0.4 is 0 Å². The molecule has 117 heavy (non-hydrogen) atoms. The molecule has 4 heterocycles. The second-order valence-electron chi connectivity index (χ2n) is 28.1. The summed E-state index contributed by atoms with van der Waals surface area (Å²) in [6, 6.07) is 124. The Labute approximate surface area is 704 Å². The molecule has 0 amide bonds. The Hall–Kier alpha value is -13.4. The van der Waals surface area contributed by atoms with Gasteiger partial charge < -0.3 is 19.9 Å². The number of hydrogen-bond donors (Lipinski definition) is 0. The minimum atomic E-state index is -0.746. The van der Waals surface area contributed by atoms with Gasteiger partial charge in [0.1, 0.15) is 5.82 Å². The van der Waals surface area contributed by atoms with Crippen LogP contribution in [0.1, 0.15) is 11.1 Å². The summed E-state index contributed by atoms with van der Waals surface area (Å²) in [7, 11) is 0. The van der Waals surface area contributed by atoms with E-state index in [2.05, 4.69) is 217 Å². The molecule has 0 saturated carbocycles. The van der Waals surface area contributed by atoms with Crippen LogP contribution in [0.2, 0.25) is 0 Å². The maximum absolute atomic E-state index is 15.1. The molecule has 0 N–H and O–H groups in total. The first-order chi connectivity index (χ1) is 56.4. The van der Waals surface area contributed by atoms with E-state index in [0.29, 0.717) is 17.0 Å². The van der Waals surface area contributed by atoms with Crippen LogP contribution in [-0.4, -0.2) is 19.9 Å². The van der Waals surface area contributed by atoms with Crippen molar-refractivity contribution >= 4 is 0 Å². The van der Waals surface area contributed by atoms with Gasteiger partial charge in [-0.2, -0.15) is 0 Å². The van der Waals surface area contributed by atoms with Gasteiger partial charge in [0.05, 0.1) is 0 Å². The molecular weight excluding hydrogens is 1810 g/mol. The van der Waals surface area contributed by atoms with E-state index in [9.17, 15) is 17.6 Å². The van der Waals surface area contributed by atoms with Gasteiger partial charge in [0.15, 0.2) is 0 Å². The number of hydrogen-bond acceptors (Lipinski definition) is 4. The van der Waals surface area contributed by atoms with Gasteiger partial charge >= 0.3 is 0 Å². The minimum absolute atomic E-state index is 0. The van der Waals surface area contributed by atoms with Gasteiger partial charge in [-0.05, 0) is 194 Å². The molecule has 0 spiro atoms. The van der Waals surface area contributed by atoms with Crippen LogP contribution in [0.15, 0.2) is 371 Å². The number of aromatic nitrogens is 4. The van der Waals surface area contributed by atoms with Crippen molar-refractivity contribution in [1.82, 2.24) is 19.9 Å². The number of pyridine rings is 4. The van der Waals surface area contributed by atoms with Crippen molar-refractivity contribution in [2.24, 2.45) is 0 Å². The minimum Gasteiger partial charge on any atom is -0.304 e. The average molecular weight is 1880 g/mol. The van der Waals surface area contributed by atoms with Crippen LogP contribution >= 0.6 is 0 Å². The third kappa shape index (κ3) is 17.4. The number of benzene rings is 14. The summed E-state index contributed by atoms with van der Waals surface area (Å²) in [6.45, 7) is 4.15. The van der Waals surface area contributed by atoms with Crippen LogP contribution in [-0.2, 0) is 40.2 Å². The van der Waals surface area contributed by atoms with E-state index in [1.54, 1.807) is 36.7 Å². The topological polar surface area (TPSA) is 51.6 Å². The molecule has 0 aliphatic rings. The fourth-order valence-electron chi connectivity index (χ4n) is 15.0. The van der Waals surface area contributed by atoms with Gasteiger partial charge in [-0.15, -0.1) is 96.1 Å². The standard InChI is InChI=1S/C53H33F3N2.C53H34F2N2.2Ir/c1-34-26-40(28-41(27-34)48-29-42(54)21-23-45(48)39-20-25-52(57-32-39)47-24-22-43(55)30-51(47)56)44-14-8-9-15-46(44)50-33-58-53(38-12-6-3-7-13-38)31-49(50)37-18-16-36(17-19-37)35-10-4-2-5-11-35;1-35-28-41(45-17-9-8-16-44(45)40-24-27-52(56-33-40)48-26-25-43(54)31-51(48)55)30-42(29-35)46-18-10-11-19-47(46)50-34-57-53(39-14-6-3-7-15-39)32-49(50)38-22-20-37(21-23-38)36-12-4-2-5-13-36;;/h2-12,14-23,25-33H,1H3;2-14,16-25,27-34H,1H3;;/q2*-2;;. The van der Waals surface area contributed by atoms with Crippen molar-refractivity contribution in [3.05, 3.63) is 435 Å². The fraction of sp³-hybridized carbons (Fsp3) is 0.0189. The predicted molar refractivity (Wildman–Crippen MR) is 456 cm³/mol. The third-order valence-electron chi connectivity index (χ3n) is 20.5. The largest absolute Gasteiger partial charge is 0.304 e. The number of aryl methyl sites for hydroxylation is 2. The molecule has 0 unspecified atom stereocenters. The average Bonchev–Trinajstić information content (AvgIpc) is 0.773. The van der Waals surface area contributed by atoms with Crippen LogP contribution in [0, 0.1) is 67.2 Å². The SMILES string of the molecule is Cc1cc(-c2cc(F)ccc2-c2ccc(-c3[c-]cc(F)cc3F)nc2)cc(-c2ccccc2-c2cnc(-c3[c-]cccc3)cc2-c2ccc(-c3ccccc3)cc2)c1.Cc1cc(-c2ccccc2-c2ccc(-c3[c-]cc(F)cc3F)nc2)cc(-c2ccccc2-c2cnc(-c3[c-]cccc3)cc2-c2ccc(-c3ccccc3)cc2)c1.[Ir].[Ir]. The van der Waals surface area contributed by atoms with Crippen LogP contribution in [0.5, 0.6) is 0 Å². The van der Waals surface area contributed by atoms with E-state index >= 15 is 4.39 Å². The Morgan fingerprint density at radius 1 is 0.214 bits per heavy atom. The molecule has 0 fully saturated rings. The summed E-state index contributed by atoms with van der Waals surface area (Å²) in [5.74, 6) is -3.20. The normalized spacial score (nSPS) is 10.9. The molecular formula is C106H67F5Ir2N4-4. The van der Waals surface area contributed by atoms with Gasteiger partial charge in [0.2, 0.25) is 0 Å². The van der Waals surface area contributed by atoms with Crippen molar-refractivity contribution in [2.75, 3.05) is 0 Å². The first-order valence-electron chi connectivity index (χ1n) is 37.6. The zero-order valence-electron chi connectivity index (χ0n) is 63.1. The van der Waals surface area contributed by atoms with Crippen LogP contribution in [0.4, 0.5) is 22.0 Å². The third-order valence-corrected chi connectivity index (χ3v) is 20.5. The fourth-order valence-corrected chi connectivity index (χ4v) is 15.0. The number of halogens is 5. The molecule has 18 rings (SSSR count). The molecule has 4 aromatic heterocycles. The smallest absolute Gasteiger partial charge is 0.123 e. The number of nitrogens with zero attached hydrogens (tertiary/aromatic N) is 4. The quantitative estimate of drug-likeness (QED) is 0.0715. The summed E-state index contributed by atoms with van der Waals surface area (Å²) in [5.41, 5.74) is 30.6. The molecule has 4 nitrogen and oxygen atoms in total. The van der Waals surface area contributed by atoms with Gasteiger partial charge in [0, 0.05) is 99.4 Å². The Balaban J connectivity index is 0.000000180. The molecule has 18 aromatic rings. The van der Waals surface area contributed by atoms with Crippen molar-refractivity contribution in [3.63, 3.8) is 0 Å². The first-order valence-corrected chi connectivity index (χ1v) is 37.6. The van der Waals surface area contributed by atoms with Crippen molar-refractivity contribution in [1.29, 1.82) is 0 Å². The van der Waals surface area contributed by atoms with E-state index in [4.69, 9.17) is 9.97 Å². The van der Waals surface area contributed by atoms with Gasteiger partial charge in [-0.25, -0.2) is 4.39 Å². The molecule has 0 saturated heterocycles. The Bertz CT molecular complexity index is 6570. The summed E-state index contributed by atoms with van der Waals surface area (Å²) in [4.78, 5) is 19.0. The Kier molecular flexibility index (Phi) is 24.0. The van der Waals surface area contributed by atoms with E-state index in [1.807, 2.05) is 129 Å². The van der Waals surface area contributed by atoms with E-state index in [1.165, 1.54) is 17.7 Å². The van der Waals surface area contributed by atoms with Crippen molar-refractivity contribution in [3.8, 4) is 179 Å². The van der Waals surface area contributed by atoms with Crippen molar-refractivity contribution < 1.29 is 62.2 Å². The maximum Gasteiger partial charge on any atom is 0.123 e. The summed E-state index contributed by atoms with van der Waals surface area (Å²) in [6.07, 6.45) is 7.29. The van der Waals surface area contributed by atoms with E-state index < -0.39 is 23.3 Å². The summed E-state index contributed by atoms with van der Waals surface area (Å²) < 4.78 is 71.3. The van der Waals surface area contributed by atoms with Gasteiger partial charge in [0.25, 0.3) is 0 Å². The second-order valence-corrected chi connectivity index (χ2v) is 28.1. The molecule has 11 heteroatoms. The van der Waals surface area contributed by atoms with Crippen molar-refractivity contribution in [2.45, 2.75) is 13.8 Å². The summed E-state index contributed by atoms with van der Waals surface area (Å²) in [5, 5.41) is 0. The first kappa shape index (κ1) is 78.9. The molecule has 14 aromatic carbocycles. The van der Waals surface area contributed by atoms with Gasteiger partial charge in [-0.3, -0.25) is 17.6 Å². The zero-order valence-corrected chi connectivity index (χ0v) is 67.9. The molecule has 568 valence electrons. The molecule has 0 bridgehead atoms. The van der Waals surface area contributed by atoms with E-state index in [0.717, 1.165) is 180 Å². The molecule has 0 atom stereocenters. The van der Waals surface area contributed by atoms with Gasteiger partial charge in [-0.1, -0.05) is 272 Å². The van der Waals surface area contributed by atoms with Crippen LogP contribution in [0.3, 0.4) is 0 Å². The second kappa shape index (κ2) is 35.6. The van der Waals surface area contributed by atoms with Crippen LogP contribution in [0.25, 0.3) is 179 Å². The van der Waals surface area contributed by atoms with E-state index in [-0.39, 0.29) is 57.2 Å². The maximum atomic E-state index is 15.1. The Morgan fingerprint density at radius 2 is 0.538 bits per heavy atom.